The molecule has 8 unspecified atom stereocenters. The zero-order chi connectivity index (χ0) is 49.4. The minimum absolute atomic E-state index is 0.0768. The lowest BCUT2D eigenvalue weighted by molar-refractivity contribution is -0.135. The van der Waals surface area contributed by atoms with E-state index < -0.39 is 59.9 Å². The normalized spacial score (nSPS) is 26.5. The number of carbonyl (C=O) groups excluding carboxylic acids is 2. The number of Topliss-reactive ketones (excluding diaryl/α,β-unsaturated/α-hetero) is 2. The quantitative estimate of drug-likeness (QED) is 0.0567. The molecule has 2 aromatic heterocycles. The molecule has 370 valence electrons. The zero-order valence-electron chi connectivity index (χ0n) is 40.1. The topological polar surface area (TPSA) is 220 Å². The number of aromatic nitrogens is 2. The van der Waals surface area contributed by atoms with E-state index in [0.29, 0.717) is 53.9 Å². The monoisotopic (exact) mass is 960 g/mol. The number of anilines is 1. The molecule has 4 heterocycles. The predicted octanol–water partition coefficient (Wildman–Crippen LogP) is 6.95. The number of fused-ring (bicyclic) bond motifs is 8. The molecule has 13 heteroatoms. The van der Waals surface area contributed by atoms with Crippen LogP contribution in [-0.2, 0) is 35.3 Å². The number of phenols is 2. The second kappa shape index (κ2) is 20.4. The van der Waals surface area contributed by atoms with E-state index in [-0.39, 0.29) is 66.8 Å². The van der Waals surface area contributed by atoms with Gasteiger partial charge >= 0.3 is 0 Å². The molecule has 5 aliphatic rings. The van der Waals surface area contributed by atoms with E-state index in [1.54, 1.807) is 43.5 Å². The predicted molar refractivity (Wildman–Crippen MR) is 271 cm³/mol. The third kappa shape index (κ3) is 9.84. The van der Waals surface area contributed by atoms with Crippen molar-refractivity contribution in [3.05, 3.63) is 140 Å². The molecule has 1 saturated carbocycles. The van der Waals surface area contributed by atoms with E-state index >= 15 is 4.79 Å². The standard InChI is InChI=1S/C58H64N4O9/c1-59-32-38-12-13-47-44-30-48-42(18-23-60-48)46(31-58(70)20-15-34-5-4-8-49(64)41(34)16-21-58)53(44)56(69)43(19-24-63)50(65)14-9-33-25-45(55(68)52(26-33)71-40-6-2-3-7-40)54(67)36-11-10-35(29-51(38)66)39(27-36)28-37-17-22-61-57(37)62-47/h4-5,8,10-11,16-18,21-23,25-27,30,38,40,43,46-47,51,53-54,59-64,66-68,70H,2-3,6-7,9,14-15,19-20,24,28-29,31-32H2,1H3. The third-order valence-electron chi connectivity index (χ3n) is 15.7. The summed E-state index contributed by atoms with van der Waals surface area (Å²) in [5.41, 5.74) is 6.09. The molecule has 10 rings (SSSR count). The molecule has 0 amide bonds. The first-order valence-corrected chi connectivity index (χ1v) is 25.3. The molecule has 5 bridgehead atoms. The smallest absolute Gasteiger partial charge is 0.163 e. The number of H-pyrrole nitrogens is 2. The number of hydrogen-bond donors (Lipinski definition) is 10. The number of hydrogen-bond acceptors (Lipinski definition) is 11. The summed E-state index contributed by atoms with van der Waals surface area (Å²) in [7, 11) is 1.80. The number of aromatic hydroxyl groups is 2. The van der Waals surface area contributed by atoms with Gasteiger partial charge in [0.25, 0.3) is 0 Å². The average molecular weight is 961 g/mol. The van der Waals surface area contributed by atoms with Crippen LogP contribution in [-0.4, -0.2) is 96.2 Å². The summed E-state index contributed by atoms with van der Waals surface area (Å²) in [6.45, 7) is -0.0917. The Hall–Kier alpha value is -6.40. The molecule has 13 nitrogen and oxygen atoms in total. The Kier molecular flexibility index (Phi) is 13.8. The van der Waals surface area contributed by atoms with Crippen molar-refractivity contribution >= 4 is 29.5 Å². The van der Waals surface area contributed by atoms with Crippen molar-refractivity contribution in [1.29, 1.82) is 0 Å². The Morgan fingerprint density at radius 3 is 2.54 bits per heavy atom. The molecule has 10 N–H and O–H groups in total. The van der Waals surface area contributed by atoms with Crippen LogP contribution in [0.25, 0.3) is 12.2 Å². The SMILES string of the molecule is CNCC1C#CC2Nc3[nH]ccc3Cc3cc(ccc3CC1O)C(O)c1cc(cc(OC3CCCC3)c1O)CCC(=O)C(CCO)C(=O)C1C2=Cc2[nH]ccc2C1CC1(O)C=Cc2c(O)cccc2CC1. The summed E-state index contributed by atoms with van der Waals surface area (Å²) in [6, 6.07) is 17.4. The molecule has 2 aliphatic heterocycles. The molecule has 0 radical (unpaired) electrons. The summed E-state index contributed by atoms with van der Waals surface area (Å²) in [4.78, 5) is 37.7. The largest absolute Gasteiger partial charge is 0.507 e. The molecule has 0 spiro atoms. The first-order chi connectivity index (χ1) is 34.4. The van der Waals surface area contributed by atoms with E-state index in [1.807, 2.05) is 54.9 Å². The van der Waals surface area contributed by atoms with Gasteiger partial charge in [0.15, 0.2) is 17.3 Å². The number of aryl methyl sites for hydroxylation is 2. The van der Waals surface area contributed by atoms with Crippen LogP contribution in [0.3, 0.4) is 0 Å². The van der Waals surface area contributed by atoms with Gasteiger partial charge in [0.2, 0.25) is 0 Å². The van der Waals surface area contributed by atoms with Crippen LogP contribution in [0.15, 0.2) is 84.7 Å². The van der Waals surface area contributed by atoms with Crippen molar-refractivity contribution in [2.45, 2.75) is 113 Å². The highest BCUT2D eigenvalue weighted by molar-refractivity contribution is 6.05. The van der Waals surface area contributed by atoms with Gasteiger partial charge in [-0.1, -0.05) is 54.3 Å². The molecular weight excluding hydrogens is 897 g/mol. The van der Waals surface area contributed by atoms with Gasteiger partial charge in [-0.3, -0.25) is 9.59 Å². The lowest BCUT2D eigenvalue weighted by Gasteiger charge is -2.39. The molecule has 8 atom stereocenters. The zero-order valence-corrected chi connectivity index (χ0v) is 40.1. The number of aliphatic hydroxyl groups is 4. The Balaban J connectivity index is 1.16. The highest BCUT2D eigenvalue weighted by Gasteiger charge is 2.46. The maximum absolute atomic E-state index is 16.0. The molecule has 3 aromatic carbocycles. The number of ether oxygens (including phenoxy) is 1. The van der Waals surface area contributed by atoms with Gasteiger partial charge in [-0.25, -0.2) is 0 Å². The fourth-order valence-electron chi connectivity index (χ4n) is 11.8. The lowest BCUT2D eigenvalue weighted by Crippen LogP contribution is -2.43. The number of ketones is 2. The van der Waals surface area contributed by atoms with E-state index in [1.165, 1.54) is 0 Å². The Bertz CT molecular complexity index is 2930. The van der Waals surface area contributed by atoms with Crippen molar-refractivity contribution in [1.82, 2.24) is 15.3 Å². The van der Waals surface area contributed by atoms with E-state index in [0.717, 1.165) is 59.2 Å². The number of nitrogens with one attached hydrogen (secondary N) is 4. The van der Waals surface area contributed by atoms with Crippen LogP contribution < -0.4 is 15.4 Å². The van der Waals surface area contributed by atoms with Crippen LogP contribution in [0, 0.1) is 29.6 Å². The van der Waals surface area contributed by atoms with Gasteiger partial charge in [0, 0.05) is 67.0 Å². The van der Waals surface area contributed by atoms with Crippen LogP contribution >= 0.6 is 0 Å². The van der Waals surface area contributed by atoms with Crippen molar-refractivity contribution in [3.63, 3.8) is 0 Å². The fraction of sp³-hybridized carbons (Fsp3) is 0.414. The van der Waals surface area contributed by atoms with Gasteiger partial charge in [-0.05, 0) is 152 Å². The lowest BCUT2D eigenvalue weighted by atomic mass is 9.65. The first-order valence-electron chi connectivity index (χ1n) is 25.3. The van der Waals surface area contributed by atoms with Gasteiger partial charge in [0.05, 0.1) is 29.6 Å². The molecule has 0 saturated heterocycles. The van der Waals surface area contributed by atoms with Gasteiger partial charge in [-0.15, -0.1) is 0 Å². The first kappa shape index (κ1) is 48.2. The van der Waals surface area contributed by atoms with Crippen LogP contribution in [0.5, 0.6) is 17.2 Å². The Morgan fingerprint density at radius 2 is 1.72 bits per heavy atom. The Morgan fingerprint density at radius 1 is 0.887 bits per heavy atom. The number of rotatable bonds is 8. The summed E-state index contributed by atoms with van der Waals surface area (Å²) < 4.78 is 6.43. The molecule has 3 aliphatic carbocycles. The average Bonchev–Trinajstić information content (AvgIpc) is 4.14. The maximum atomic E-state index is 16.0. The van der Waals surface area contributed by atoms with E-state index in [4.69, 9.17) is 4.74 Å². The van der Waals surface area contributed by atoms with Crippen LogP contribution in [0.2, 0.25) is 0 Å². The highest BCUT2D eigenvalue weighted by Crippen LogP contribution is 2.48. The molecule has 5 aromatic rings. The van der Waals surface area contributed by atoms with Crippen molar-refractivity contribution < 1.29 is 45.0 Å². The second-order valence-electron chi connectivity index (χ2n) is 20.3. The third-order valence-corrected chi connectivity index (χ3v) is 15.7. The van der Waals surface area contributed by atoms with E-state index in [9.17, 15) is 35.4 Å². The summed E-state index contributed by atoms with van der Waals surface area (Å²) >= 11 is 0. The minimum atomic E-state index is -1.46. The second-order valence-corrected chi connectivity index (χ2v) is 20.3. The molecule has 71 heavy (non-hydrogen) atoms. The number of carbonyl (C=O) groups is 2. The van der Waals surface area contributed by atoms with Crippen molar-refractivity contribution in [2.24, 2.45) is 17.8 Å². The highest BCUT2D eigenvalue weighted by atomic mass is 16.5. The van der Waals surface area contributed by atoms with Crippen LogP contribution in [0.4, 0.5) is 5.82 Å². The van der Waals surface area contributed by atoms with Crippen molar-refractivity contribution in [2.75, 3.05) is 25.5 Å². The number of benzene rings is 3. The van der Waals surface area contributed by atoms with Crippen molar-refractivity contribution in [3.8, 4) is 29.1 Å². The fourth-order valence-corrected chi connectivity index (χ4v) is 11.8. The van der Waals surface area contributed by atoms with Gasteiger partial charge in [-0.2, -0.15) is 0 Å². The number of aliphatic hydroxyl groups excluding tert-OH is 3. The number of aromatic amines is 2. The minimum Gasteiger partial charge on any atom is -0.507 e. The molecule has 1 fully saturated rings. The summed E-state index contributed by atoms with van der Waals surface area (Å²) in [5.74, 6) is 3.33. The van der Waals surface area contributed by atoms with Gasteiger partial charge < -0.3 is 56.0 Å². The van der Waals surface area contributed by atoms with Crippen LogP contribution in [0.1, 0.15) is 119 Å². The molecular formula is C58H64N4O9. The summed E-state index contributed by atoms with van der Waals surface area (Å²) in [6.07, 6.45) is 11.7. The maximum Gasteiger partial charge on any atom is 0.163 e. The summed E-state index contributed by atoms with van der Waals surface area (Å²) in [5, 5.41) is 77.4. The Labute approximate surface area is 414 Å². The van der Waals surface area contributed by atoms with Gasteiger partial charge in [0.1, 0.15) is 29.5 Å². The number of phenolic OH excluding ortho intramolecular Hbond substituents is 2. The van der Waals surface area contributed by atoms with E-state index in [2.05, 4.69) is 32.4 Å².